The fourth-order valence-electron chi connectivity index (χ4n) is 4.83. The number of carbonyl (C=O) groups is 1. The molecule has 0 radical (unpaired) electrons. The molecule has 0 unspecified atom stereocenters. The van der Waals surface area contributed by atoms with Crippen LogP contribution in [0, 0.1) is 11.2 Å². The Morgan fingerprint density at radius 3 is 2.24 bits per heavy atom. The molecule has 0 saturated carbocycles. The summed E-state index contributed by atoms with van der Waals surface area (Å²) in [6.07, 6.45) is -0.190. The molecule has 2 heterocycles. The summed E-state index contributed by atoms with van der Waals surface area (Å²) >= 11 is 0. The van der Waals surface area contributed by atoms with Crippen molar-refractivity contribution in [2.75, 3.05) is 26.7 Å². The first-order chi connectivity index (χ1) is 17.9. The predicted octanol–water partition coefficient (Wildman–Crippen LogP) is 6.93. The number of piperidine rings is 1. The van der Waals surface area contributed by atoms with E-state index in [0.29, 0.717) is 37.7 Å². The van der Waals surface area contributed by atoms with Gasteiger partial charge in [-0.15, -0.1) is 0 Å². The lowest BCUT2D eigenvalue weighted by Crippen LogP contribution is -2.46. The van der Waals surface area contributed by atoms with Crippen molar-refractivity contribution in [2.45, 2.75) is 39.3 Å². The van der Waals surface area contributed by atoms with Gasteiger partial charge in [-0.2, -0.15) is 13.2 Å². The van der Waals surface area contributed by atoms with Crippen LogP contribution < -0.4 is 5.32 Å². The van der Waals surface area contributed by atoms with E-state index in [1.54, 1.807) is 11.9 Å². The standard InChI is InChI=1S/C27H27F4N3O.C3H8/c1-18(16-32-19(2)22-15-21(27(29,30)31)9-10-24(22)28)34-13-11-26(12-14-34)23(17-33(3)25(26)35)20-7-5-4-6-8-20;1-3-2/h4-10,15,17,32H,1-2,11-14,16H2,3H3;3H2,1-2H3. The maximum atomic E-state index is 14.2. The van der Waals surface area contributed by atoms with Crippen LogP contribution in [0.5, 0.6) is 0 Å². The first-order valence-electron chi connectivity index (χ1n) is 12.7. The highest BCUT2D eigenvalue weighted by molar-refractivity contribution is 6.01. The van der Waals surface area contributed by atoms with Gasteiger partial charge in [0.25, 0.3) is 0 Å². The predicted molar refractivity (Wildman–Crippen MR) is 144 cm³/mol. The number of nitrogens with one attached hydrogen (secondary N) is 1. The van der Waals surface area contributed by atoms with Crippen LogP contribution in [0.2, 0.25) is 0 Å². The summed E-state index contributed by atoms with van der Waals surface area (Å²) in [5, 5.41) is 2.90. The van der Waals surface area contributed by atoms with Crippen molar-refractivity contribution >= 4 is 17.2 Å². The number of hydrogen-bond acceptors (Lipinski definition) is 3. The average Bonchev–Trinajstić information content (AvgIpc) is 3.13. The van der Waals surface area contributed by atoms with Crippen molar-refractivity contribution < 1.29 is 22.4 Å². The van der Waals surface area contributed by atoms with E-state index in [2.05, 4.69) is 32.3 Å². The zero-order valence-electron chi connectivity index (χ0n) is 22.2. The summed E-state index contributed by atoms with van der Waals surface area (Å²) in [4.78, 5) is 16.8. The van der Waals surface area contributed by atoms with Crippen LogP contribution in [-0.4, -0.2) is 42.4 Å². The summed E-state index contributed by atoms with van der Waals surface area (Å²) in [7, 11) is 1.77. The minimum atomic E-state index is -4.57. The van der Waals surface area contributed by atoms with Crippen LogP contribution in [0.3, 0.4) is 0 Å². The molecule has 0 atom stereocenters. The van der Waals surface area contributed by atoms with Crippen LogP contribution in [-0.2, 0) is 11.0 Å². The molecule has 0 aliphatic carbocycles. The van der Waals surface area contributed by atoms with E-state index >= 15 is 0 Å². The lowest BCUT2D eigenvalue weighted by molar-refractivity contribution is -0.137. The second kappa shape index (κ2) is 11.9. The molecule has 1 N–H and O–H groups in total. The Bertz CT molecular complexity index is 1200. The van der Waals surface area contributed by atoms with Gasteiger partial charge in [-0.1, -0.05) is 63.8 Å². The molecule has 2 aromatic rings. The maximum absolute atomic E-state index is 14.2. The van der Waals surface area contributed by atoms with Gasteiger partial charge in [-0.3, -0.25) is 4.79 Å². The van der Waals surface area contributed by atoms with E-state index in [9.17, 15) is 22.4 Å². The number of carbonyl (C=O) groups excluding carboxylic acids is 1. The van der Waals surface area contributed by atoms with Crippen LogP contribution in [0.1, 0.15) is 49.8 Å². The Hall–Kier alpha value is -3.55. The number of likely N-dealkylation sites (tertiary alicyclic amines) is 1. The van der Waals surface area contributed by atoms with Crippen LogP contribution >= 0.6 is 0 Å². The molecular weight excluding hydrogens is 494 g/mol. The zero-order valence-corrected chi connectivity index (χ0v) is 22.2. The van der Waals surface area contributed by atoms with Gasteiger partial charge in [0.15, 0.2) is 0 Å². The lowest BCUT2D eigenvalue weighted by atomic mass is 9.71. The topological polar surface area (TPSA) is 35.6 Å². The van der Waals surface area contributed by atoms with Gasteiger partial charge in [0.05, 0.1) is 17.5 Å². The minimum absolute atomic E-state index is 0.0464. The minimum Gasteiger partial charge on any atom is -0.379 e. The van der Waals surface area contributed by atoms with E-state index in [1.807, 2.05) is 41.4 Å². The third-order valence-electron chi connectivity index (χ3n) is 6.84. The first kappa shape index (κ1) is 29.0. The van der Waals surface area contributed by atoms with Gasteiger partial charge >= 0.3 is 6.18 Å². The summed E-state index contributed by atoms with van der Waals surface area (Å²) in [6.45, 7) is 13.4. The van der Waals surface area contributed by atoms with E-state index < -0.39 is 23.0 Å². The molecule has 1 amide bonds. The fraction of sp³-hybridized carbons (Fsp3) is 0.367. The SMILES string of the molecule is C=C(NCC(=C)N1CCC2(CC1)C(=O)N(C)C=C2c1ccccc1)c1cc(C(F)(F)F)ccc1F.CCC. The second-order valence-electron chi connectivity index (χ2n) is 9.69. The number of amides is 1. The van der Waals surface area contributed by atoms with Crippen LogP contribution in [0.4, 0.5) is 17.6 Å². The van der Waals surface area contributed by atoms with E-state index in [4.69, 9.17) is 0 Å². The number of hydrogen-bond donors (Lipinski definition) is 1. The number of nitrogens with zero attached hydrogens (tertiary/aromatic N) is 2. The van der Waals surface area contributed by atoms with Crippen molar-refractivity contribution in [2.24, 2.45) is 5.41 Å². The molecule has 0 aromatic heterocycles. The van der Waals surface area contributed by atoms with Crippen molar-refractivity contribution in [3.63, 3.8) is 0 Å². The maximum Gasteiger partial charge on any atom is 0.416 e. The lowest BCUT2D eigenvalue weighted by Gasteiger charge is -2.41. The van der Waals surface area contributed by atoms with Crippen molar-refractivity contribution in [1.29, 1.82) is 0 Å². The summed E-state index contributed by atoms with van der Waals surface area (Å²) < 4.78 is 53.2. The Labute approximate surface area is 222 Å². The highest BCUT2D eigenvalue weighted by Crippen LogP contribution is 2.49. The van der Waals surface area contributed by atoms with Crippen molar-refractivity contribution in [1.82, 2.24) is 15.1 Å². The van der Waals surface area contributed by atoms with Gasteiger partial charge in [0.2, 0.25) is 5.91 Å². The van der Waals surface area contributed by atoms with Crippen molar-refractivity contribution in [3.05, 3.63) is 96.1 Å². The average molecular weight is 530 g/mol. The Kier molecular flexibility index (Phi) is 9.07. The van der Waals surface area contributed by atoms with Gasteiger partial charge < -0.3 is 15.1 Å². The molecule has 1 saturated heterocycles. The molecule has 2 aromatic carbocycles. The van der Waals surface area contributed by atoms with Crippen LogP contribution in [0.25, 0.3) is 11.3 Å². The molecular formula is C30H35F4N3O. The monoisotopic (exact) mass is 529 g/mol. The van der Waals surface area contributed by atoms with E-state index in [1.165, 1.54) is 6.42 Å². The zero-order chi connectivity index (χ0) is 28.1. The molecule has 38 heavy (non-hydrogen) atoms. The Morgan fingerprint density at radius 2 is 1.66 bits per heavy atom. The molecule has 4 nitrogen and oxygen atoms in total. The molecule has 0 bridgehead atoms. The number of benzene rings is 2. The molecule has 204 valence electrons. The molecule has 1 spiro atoms. The molecule has 1 fully saturated rings. The Balaban J connectivity index is 0.00000127. The third-order valence-corrected chi connectivity index (χ3v) is 6.84. The van der Waals surface area contributed by atoms with Gasteiger partial charge in [-0.25, -0.2) is 4.39 Å². The van der Waals surface area contributed by atoms with Crippen molar-refractivity contribution in [3.8, 4) is 0 Å². The third kappa shape index (κ3) is 6.11. The molecule has 8 heteroatoms. The first-order valence-corrected chi connectivity index (χ1v) is 12.7. The number of alkyl halides is 3. The molecule has 2 aliphatic heterocycles. The highest BCUT2D eigenvalue weighted by Gasteiger charge is 2.49. The molecule has 4 rings (SSSR count). The smallest absolute Gasteiger partial charge is 0.379 e. The molecule has 2 aliphatic rings. The second-order valence-corrected chi connectivity index (χ2v) is 9.69. The van der Waals surface area contributed by atoms with E-state index in [-0.39, 0.29) is 23.7 Å². The van der Waals surface area contributed by atoms with Gasteiger partial charge in [0.1, 0.15) is 5.82 Å². The summed E-state index contributed by atoms with van der Waals surface area (Å²) in [5.74, 6) is -0.710. The normalized spacial score (nSPS) is 16.6. The van der Waals surface area contributed by atoms with Crippen LogP contribution in [0.15, 0.2) is 73.6 Å². The quantitative estimate of drug-likeness (QED) is 0.412. The summed E-state index contributed by atoms with van der Waals surface area (Å²) in [6, 6.07) is 12.1. The van der Waals surface area contributed by atoms with Gasteiger partial charge in [0, 0.05) is 43.3 Å². The van der Waals surface area contributed by atoms with E-state index in [0.717, 1.165) is 23.3 Å². The van der Waals surface area contributed by atoms with Gasteiger partial charge in [-0.05, 0) is 42.2 Å². The number of rotatable bonds is 6. The number of halogens is 4. The Morgan fingerprint density at radius 1 is 1.05 bits per heavy atom. The summed E-state index contributed by atoms with van der Waals surface area (Å²) in [5.41, 5.74) is 1.02. The fourth-order valence-corrected chi connectivity index (χ4v) is 4.83. The largest absolute Gasteiger partial charge is 0.416 e. The highest BCUT2D eigenvalue weighted by atomic mass is 19.4.